The minimum atomic E-state index is -0.315. The minimum absolute atomic E-state index is 0.0385. The van der Waals surface area contributed by atoms with Crippen molar-refractivity contribution in [3.63, 3.8) is 0 Å². The molecule has 1 aromatic heterocycles. The monoisotopic (exact) mass is 369 g/mol. The number of carbonyl (C=O) groups is 2. The molecule has 0 bridgehead atoms. The molecule has 0 saturated heterocycles. The molecule has 1 atom stereocenters. The maximum atomic E-state index is 12.2. The number of benzene rings is 1. The second-order valence-corrected chi connectivity index (χ2v) is 6.81. The van der Waals surface area contributed by atoms with Gasteiger partial charge in [-0.3, -0.25) is 9.78 Å². The smallest absolute Gasteiger partial charge is 0.319 e. The fourth-order valence-electron chi connectivity index (χ4n) is 2.72. The first-order chi connectivity index (χ1) is 12.8. The number of hydrogen-bond acceptors (Lipinski definition) is 4. The topological polar surface area (TPSA) is 77.6 Å². The van der Waals surface area contributed by atoms with E-state index in [1.807, 2.05) is 32.2 Å². The van der Waals surface area contributed by atoms with E-state index in [1.54, 1.807) is 26.2 Å². The van der Waals surface area contributed by atoms with Crippen LogP contribution in [0.5, 0.6) is 0 Å². The Morgan fingerprint density at radius 2 is 1.81 bits per heavy atom. The van der Waals surface area contributed by atoms with Crippen LogP contribution in [-0.2, 0) is 6.54 Å². The van der Waals surface area contributed by atoms with Gasteiger partial charge >= 0.3 is 6.03 Å². The quantitative estimate of drug-likeness (QED) is 0.786. The summed E-state index contributed by atoms with van der Waals surface area (Å²) in [6.07, 6.45) is 1.50. The zero-order valence-corrected chi connectivity index (χ0v) is 16.3. The summed E-state index contributed by atoms with van der Waals surface area (Å²) in [7, 11) is 5.33. The molecule has 3 amide bonds. The number of aromatic nitrogens is 1. The molecule has 0 aliphatic heterocycles. The predicted molar refractivity (Wildman–Crippen MR) is 107 cm³/mol. The number of nitrogens with zero attached hydrogens (tertiary/aromatic N) is 3. The highest BCUT2D eigenvalue weighted by atomic mass is 16.2. The molecule has 0 fully saturated rings. The van der Waals surface area contributed by atoms with Gasteiger partial charge < -0.3 is 20.4 Å². The van der Waals surface area contributed by atoms with Crippen molar-refractivity contribution < 1.29 is 9.59 Å². The van der Waals surface area contributed by atoms with E-state index < -0.39 is 0 Å². The van der Waals surface area contributed by atoms with E-state index in [9.17, 15) is 9.59 Å². The van der Waals surface area contributed by atoms with E-state index in [0.29, 0.717) is 12.2 Å². The Labute approximate surface area is 160 Å². The van der Waals surface area contributed by atoms with Gasteiger partial charge in [0.1, 0.15) is 5.69 Å². The zero-order chi connectivity index (χ0) is 19.8. The van der Waals surface area contributed by atoms with Gasteiger partial charge in [-0.2, -0.15) is 0 Å². The average Bonchev–Trinajstić information content (AvgIpc) is 2.61. The van der Waals surface area contributed by atoms with Gasteiger partial charge in [0.25, 0.3) is 5.91 Å². The SMILES string of the molecule is CC(CN(C)Cc1ccccc1)NC(=O)Nc1ccnc(C(=O)N(C)C)c1. The van der Waals surface area contributed by atoms with E-state index in [4.69, 9.17) is 0 Å². The zero-order valence-electron chi connectivity index (χ0n) is 16.3. The van der Waals surface area contributed by atoms with Gasteiger partial charge in [-0.25, -0.2) is 4.79 Å². The van der Waals surface area contributed by atoms with E-state index in [2.05, 4.69) is 32.7 Å². The van der Waals surface area contributed by atoms with Crippen molar-refractivity contribution in [3.8, 4) is 0 Å². The largest absolute Gasteiger partial charge is 0.343 e. The van der Waals surface area contributed by atoms with E-state index in [1.165, 1.54) is 16.7 Å². The molecule has 0 aliphatic rings. The van der Waals surface area contributed by atoms with Gasteiger partial charge in [-0.15, -0.1) is 0 Å². The lowest BCUT2D eigenvalue weighted by Gasteiger charge is -2.22. The van der Waals surface area contributed by atoms with Crippen molar-refractivity contribution in [1.29, 1.82) is 0 Å². The minimum Gasteiger partial charge on any atom is -0.343 e. The third-order valence-electron chi connectivity index (χ3n) is 3.90. The molecule has 0 saturated carbocycles. The fraction of sp³-hybridized carbons (Fsp3) is 0.350. The molecule has 0 aliphatic carbocycles. The molecule has 2 N–H and O–H groups in total. The Kier molecular flexibility index (Phi) is 7.31. The first kappa shape index (κ1) is 20.4. The molecule has 0 radical (unpaired) electrons. The van der Waals surface area contributed by atoms with Gasteiger partial charge in [0.2, 0.25) is 0 Å². The Morgan fingerprint density at radius 1 is 1.11 bits per heavy atom. The van der Waals surface area contributed by atoms with E-state index in [-0.39, 0.29) is 23.7 Å². The Balaban J connectivity index is 1.84. The standard InChI is InChI=1S/C20H27N5O2/c1-15(13-25(4)14-16-8-6-5-7-9-16)22-20(27)23-17-10-11-21-18(12-17)19(26)24(2)3/h5-12,15H,13-14H2,1-4H3,(H2,21,22,23,27). The van der Waals surface area contributed by atoms with Gasteiger partial charge in [-0.1, -0.05) is 30.3 Å². The predicted octanol–water partition coefficient (Wildman–Crippen LogP) is 2.43. The fourth-order valence-corrected chi connectivity index (χ4v) is 2.72. The lowest BCUT2D eigenvalue weighted by Crippen LogP contribution is -2.42. The third kappa shape index (κ3) is 6.71. The molecule has 7 nitrogen and oxygen atoms in total. The first-order valence-corrected chi connectivity index (χ1v) is 8.83. The Morgan fingerprint density at radius 3 is 2.48 bits per heavy atom. The van der Waals surface area contributed by atoms with Crippen LogP contribution in [0.25, 0.3) is 0 Å². The molecule has 27 heavy (non-hydrogen) atoms. The van der Waals surface area contributed by atoms with Crippen LogP contribution in [0.3, 0.4) is 0 Å². The number of anilines is 1. The molecule has 2 aromatic rings. The second-order valence-electron chi connectivity index (χ2n) is 6.81. The number of hydrogen-bond donors (Lipinski definition) is 2. The molecule has 144 valence electrons. The molecule has 1 aromatic carbocycles. The third-order valence-corrected chi connectivity index (χ3v) is 3.90. The summed E-state index contributed by atoms with van der Waals surface area (Å²) in [6, 6.07) is 13.0. The van der Waals surface area contributed by atoms with Crippen molar-refractivity contribution in [3.05, 3.63) is 59.9 Å². The summed E-state index contributed by atoms with van der Waals surface area (Å²) in [5.41, 5.74) is 2.04. The lowest BCUT2D eigenvalue weighted by atomic mass is 10.2. The van der Waals surface area contributed by atoms with Crippen molar-refractivity contribution in [1.82, 2.24) is 20.1 Å². The molecular formula is C20H27N5O2. The molecular weight excluding hydrogens is 342 g/mol. The van der Waals surface area contributed by atoms with Gasteiger partial charge in [0, 0.05) is 45.1 Å². The van der Waals surface area contributed by atoms with Crippen LogP contribution in [0, 0.1) is 0 Å². The van der Waals surface area contributed by atoms with Crippen molar-refractivity contribution in [2.75, 3.05) is 33.0 Å². The van der Waals surface area contributed by atoms with Gasteiger partial charge in [0.15, 0.2) is 0 Å². The van der Waals surface area contributed by atoms with E-state index >= 15 is 0 Å². The summed E-state index contributed by atoms with van der Waals surface area (Å²) in [5.74, 6) is -0.213. The van der Waals surface area contributed by atoms with Crippen molar-refractivity contribution in [2.45, 2.75) is 19.5 Å². The first-order valence-electron chi connectivity index (χ1n) is 8.83. The number of pyridine rings is 1. The number of amides is 3. The average molecular weight is 369 g/mol. The number of rotatable bonds is 7. The van der Waals surface area contributed by atoms with Crippen LogP contribution < -0.4 is 10.6 Å². The van der Waals surface area contributed by atoms with E-state index in [0.717, 1.165) is 6.54 Å². The summed E-state index contributed by atoms with van der Waals surface area (Å²) in [4.78, 5) is 31.8. The molecule has 0 spiro atoms. The number of nitrogens with one attached hydrogen (secondary N) is 2. The van der Waals surface area contributed by atoms with Crippen LogP contribution in [-0.4, -0.2) is 60.5 Å². The summed E-state index contributed by atoms with van der Waals surface area (Å²) in [5, 5.41) is 5.66. The Bertz CT molecular complexity index is 764. The molecule has 1 heterocycles. The summed E-state index contributed by atoms with van der Waals surface area (Å²) < 4.78 is 0. The lowest BCUT2D eigenvalue weighted by molar-refractivity contribution is 0.0822. The number of carbonyl (C=O) groups excluding carboxylic acids is 2. The van der Waals surface area contributed by atoms with Crippen molar-refractivity contribution >= 4 is 17.6 Å². The molecule has 1 unspecified atom stereocenters. The highest BCUT2D eigenvalue weighted by molar-refractivity contribution is 5.95. The van der Waals surface area contributed by atoms with Crippen LogP contribution in [0.15, 0.2) is 48.7 Å². The van der Waals surface area contributed by atoms with Crippen LogP contribution in [0.2, 0.25) is 0 Å². The highest BCUT2D eigenvalue weighted by Gasteiger charge is 2.13. The van der Waals surface area contributed by atoms with Crippen LogP contribution >= 0.6 is 0 Å². The summed E-state index contributed by atoms with van der Waals surface area (Å²) >= 11 is 0. The number of urea groups is 1. The highest BCUT2D eigenvalue weighted by Crippen LogP contribution is 2.09. The maximum Gasteiger partial charge on any atom is 0.319 e. The maximum absolute atomic E-state index is 12.2. The van der Waals surface area contributed by atoms with Gasteiger partial charge in [-0.05, 0) is 31.7 Å². The normalized spacial score (nSPS) is 11.7. The molecule has 7 heteroatoms. The Hall–Kier alpha value is -2.93. The second kappa shape index (κ2) is 9.68. The number of likely N-dealkylation sites (N-methyl/N-ethyl adjacent to an activating group) is 1. The van der Waals surface area contributed by atoms with Crippen molar-refractivity contribution in [2.24, 2.45) is 0 Å². The van der Waals surface area contributed by atoms with Gasteiger partial charge in [0.05, 0.1) is 0 Å². The van der Waals surface area contributed by atoms with Crippen LogP contribution in [0.4, 0.5) is 10.5 Å². The van der Waals surface area contributed by atoms with Crippen LogP contribution in [0.1, 0.15) is 23.0 Å². The molecule has 2 rings (SSSR count). The summed E-state index contributed by atoms with van der Waals surface area (Å²) in [6.45, 7) is 3.48.